The molecular formula is C11H20N2O3. The maximum Gasteiger partial charge on any atom is 0.308 e. The Hall–Kier alpha value is -1.10. The van der Waals surface area contributed by atoms with E-state index in [1.165, 1.54) is 0 Å². The highest BCUT2D eigenvalue weighted by molar-refractivity contribution is 5.82. The first kappa shape index (κ1) is 13.0. The van der Waals surface area contributed by atoms with E-state index in [4.69, 9.17) is 10.8 Å². The van der Waals surface area contributed by atoms with Gasteiger partial charge in [-0.05, 0) is 19.8 Å². The van der Waals surface area contributed by atoms with Gasteiger partial charge in [0.25, 0.3) is 0 Å². The van der Waals surface area contributed by atoms with Crippen LogP contribution < -0.4 is 11.1 Å². The Morgan fingerprint density at radius 3 is 2.50 bits per heavy atom. The first-order valence-electron chi connectivity index (χ1n) is 5.81. The van der Waals surface area contributed by atoms with Gasteiger partial charge in [-0.2, -0.15) is 0 Å². The van der Waals surface area contributed by atoms with Crippen molar-refractivity contribution in [1.82, 2.24) is 5.32 Å². The van der Waals surface area contributed by atoms with E-state index in [2.05, 4.69) is 5.32 Å². The minimum Gasteiger partial charge on any atom is -0.481 e. The molecule has 0 aliphatic heterocycles. The second-order valence-corrected chi connectivity index (χ2v) is 4.49. The summed E-state index contributed by atoms with van der Waals surface area (Å²) < 4.78 is 0. The number of carboxylic acids is 1. The molecule has 0 aromatic rings. The zero-order valence-corrected chi connectivity index (χ0v) is 9.61. The highest BCUT2D eigenvalue weighted by Gasteiger charge is 2.30. The maximum atomic E-state index is 11.5. The number of carboxylic acid groups (broad SMARTS) is 1. The Morgan fingerprint density at radius 2 is 1.94 bits per heavy atom. The van der Waals surface area contributed by atoms with Gasteiger partial charge in [-0.25, -0.2) is 0 Å². The van der Waals surface area contributed by atoms with Crippen LogP contribution in [0.15, 0.2) is 0 Å². The van der Waals surface area contributed by atoms with Gasteiger partial charge in [0.05, 0.1) is 12.0 Å². The Balaban J connectivity index is 2.64. The van der Waals surface area contributed by atoms with E-state index in [1.807, 2.05) is 0 Å². The number of carbonyl (C=O) groups is 2. The Kier molecular flexibility index (Phi) is 4.73. The van der Waals surface area contributed by atoms with Crippen LogP contribution in [0.3, 0.4) is 0 Å². The summed E-state index contributed by atoms with van der Waals surface area (Å²) in [4.78, 5) is 22.5. The van der Waals surface area contributed by atoms with E-state index in [1.54, 1.807) is 6.92 Å². The Bertz CT molecular complexity index is 266. The van der Waals surface area contributed by atoms with Gasteiger partial charge in [-0.3, -0.25) is 9.59 Å². The third-order valence-electron chi connectivity index (χ3n) is 3.07. The van der Waals surface area contributed by atoms with Gasteiger partial charge in [0.15, 0.2) is 0 Å². The fourth-order valence-electron chi connectivity index (χ4n) is 2.09. The SMILES string of the molecule is C[C@H](N)C(=O)NC1CCCCCC1C(=O)O. The zero-order valence-electron chi connectivity index (χ0n) is 9.61. The number of carbonyl (C=O) groups excluding carboxylic acids is 1. The molecule has 16 heavy (non-hydrogen) atoms. The van der Waals surface area contributed by atoms with Crippen molar-refractivity contribution in [2.24, 2.45) is 11.7 Å². The molecule has 5 heteroatoms. The lowest BCUT2D eigenvalue weighted by molar-refractivity contribution is -0.143. The average molecular weight is 228 g/mol. The summed E-state index contributed by atoms with van der Waals surface area (Å²) in [5.74, 6) is -1.56. The molecule has 0 aromatic carbocycles. The first-order chi connectivity index (χ1) is 7.52. The lowest BCUT2D eigenvalue weighted by atomic mass is 9.94. The number of hydrogen-bond acceptors (Lipinski definition) is 3. The van der Waals surface area contributed by atoms with Crippen molar-refractivity contribution >= 4 is 11.9 Å². The summed E-state index contributed by atoms with van der Waals surface area (Å²) in [6, 6.07) is -0.851. The molecule has 1 aliphatic carbocycles. The van der Waals surface area contributed by atoms with Crippen molar-refractivity contribution < 1.29 is 14.7 Å². The van der Waals surface area contributed by atoms with E-state index < -0.39 is 17.9 Å². The molecule has 5 nitrogen and oxygen atoms in total. The van der Waals surface area contributed by atoms with Crippen LogP contribution in [0.4, 0.5) is 0 Å². The number of nitrogens with two attached hydrogens (primary N) is 1. The molecule has 0 spiro atoms. The van der Waals surface area contributed by atoms with Crippen molar-refractivity contribution in [3.63, 3.8) is 0 Å². The summed E-state index contributed by atoms with van der Waals surface area (Å²) in [7, 11) is 0. The number of aliphatic carboxylic acids is 1. The van der Waals surface area contributed by atoms with E-state index >= 15 is 0 Å². The number of nitrogens with one attached hydrogen (secondary N) is 1. The van der Waals surface area contributed by atoms with Crippen LogP contribution in [0.5, 0.6) is 0 Å². The van der Waals surface area contributed by atoms with Crippen LogP contribution >= 0.6 is 0 Å². The van der Waals surface area contributed by atoms with Crippen LogP contribution in [0, 0.1) is 5.92 Å². The van der Waals surface area contributed by atoms with E-state index in [0.29, 0.717) is 6.42 Å². The van der Waals surface area contributed by atoms with Crippen molar-refractivity contribution in [3.8, 4) is 0 Å². The quantitative estimate of drug-likeness (QED) is 0.613. The fourth-order valence-corrected chi connectivity index (χ4v) is 2.09. The van der Waals surface area contributed by atoms with E-state index in [0.717, 1.165) is 25.7 Å². The Morgan fingerprint density at radius 1 is 1.31 bits per heavy atom. The summed E-state index contributed by atoms with van der Waals surface area (Å²) in [6.45, 7) is 1.60. The molecule has 0 radical (unpaired) electrons. The second-order valence-electron chi connectivity index (χ2n) is 4.49. The molecule has 4 N–H and O–H groups in total. The van der Waals surface area contributed by atoms with Crippen LogP contribution in [0.25, 0.3) is 0 Å². The van der Waals surface area contributed by atoms with Gasteiger partial charge < -0.3 is 16.2 Å². The van der Waals surface area contributed by atoms with Crippen LogP contribution in [-0.4, -0.2) is 29.1 Å². The van der Waals surface area contributed by atoms with Crippen LogP contribution in [0.2, 0.25) is 0 Å². The average Bonchev–Trinajstić information content (AvgIpc) is 2.42. The molecule has 0 aromatic heterocycles. The highest BCUT2D eigenvalue weighted by Crippen LogP contribution is 2.23. The predicted molar refractivity (Wildman–Crippen MR) is 59.8 cm³/mol. The van der Waals surface area contributed by atoms with Crippen LogP contribution in [-0.2, 0) is 9.59 Å². The predicted octanol–water partition coefficient (Wildman–Crippen LogP) is 0.483. The van der Waals surface area contributed by atoms with Crippen molar-refractivity contribution in [1.29, 1.82) is 0 Å². The topological polar surface area (TPSA) is 92.4 Å². The largest absolute Gasteiger partial charge is 0.481 e. The zero-order chi connectivity index (χ0) is 12.1. The molecule has 0 bridgehead atoms. The molecule has 1 fully saturated rings. The standard InChI is InChI=1S/C11H20N2O3/c1-7(12)10(14)13-9-6-4-2-3-5-8(9)11(15)16/h7-9H,2-6,12H2,1H3,(H,13,14)(H,15,16)/t7-,8?,9?/m0/s1. The molecule has 1 saturated carbocycles. The van der Waals surface area contributed by atoms with Gasteiger partial charge >= 0.3 is 5.97 Å². The molecule has 2 unspecified atom stereocenters. The van der Waals surface area contributed by atoms with E-state index in [9.17, 15) is 9.59 Å². The van der Waals surface area contributed by atoms with Gasteiger partial charge in [0, 0.05) is 6.04 Å². The summed E-state index contributed by atoms with van der Waals surface area (Å²) >= 11 is 0. The molecule has 1 amide bonds. The first-order valence-corrected chi connectivity index (χ1v) is 5.81. The van der Waals surface area contributed by atoms with Gasteiger partial charge in [-0.1, -0.05) is 19.3 Å². The van der Waals surface area contributed by atoms with Crippen LogP contribution in [0.1, 0.15) is 39.0 Å². The fraction of sp³-hybridized carbons (Fsp3) is 0.818. The summed E-state index contributed by atoms with van der Waals surface area (Å²) in [5, 5.41) is 11.8. The molecule has 0 heterocycles. The van der Waals surface area contributed by atoms with Crippen molar-refractivity contribution in [2.75, 3.05) is 0 Å². The molecule has 3 atom stereocenters. The second kappa shape index (κ2) is 5.84. The number of amides is 1. The van der Waals surface area contributed by atoms with Gasteiger partial charge in [0.2, 0.25) is 5.91 Å². The third-order valence-corrected chi connectivity index (χ3v) is 3.07. The van der Waals surface area contributed by atoms with Gasteiger partial charge in [0.1, 0.15) is 0 Å². The molecule has 1 aliphatic rings. The van der Waals surface area contributed by atoms with Crippen molar-refractivity contribution in [2.45, 2.75) is 51.1 Å². The van der Waals surface area contributed by atoms with Crippen molar-refractivity contribution in [3.05, 3.63) is 0 Å². The maximum absolute atomic E-state index is 11.5. The normalized spacial score (nSPS) is 27.9. The monoisotopic (exact) mass is 228 g/mol. The molecule has 0 saturated heterocycles. The smallest absolute Gasteiger partial charge is 0.308 e. The minimum atomic E-state index is -0.822. The summed E-state index contributed by atoms with van der Waals surface area (Å²) in [6.07, 6.45) is 4.29. The highest BCUT2D eigenvalue weighted by atomic mass is 16.4. The number of hydrogen-bond donors (Lipinski definition) is 3. The molecular weight excluding hydrogens is 208 g/mol. The lowest BCUT2D eigenvalue weighted by Gasteiger charge is -2.23. The van der Waals surface area contributed by atoms with E-state index in [-0.39, 0.29) is 11.9 Å². The third kappa shape index (κ3) is 3.48. The molecule has 1 rings (SSSR count). The minimum absolute atomic E-state index is 0.265. The lowest BCUT2D eigenvalue weighted by Crippen LogP contribution is -2.48. The Labute approximate surface area is 95.4 Å². The van der Waals surface area contributed by atoms with Gasteiger partial charge in [-0.15, -0.1) is 0 Å². The number of rotatable bonds is 3. The molecule has 92 valence electrons. The summed E-state index contributed by atoms with van der Waals surface area (Å²) in [5.41, 5.74) is 5.45.